The summed E-state index contributed by atoms with van der Waals surface area (Å²) < 4.78 is 34.0. The molecule has 0 aromatic heterocycles. The fourth-order valence-electron chi connectivity index (χ4n) is 3.93. The second kappa shape index (κ2) is 9.28. The van der Waals surface area contributed by atoms with Crippen molar-refractivity contribution >= 4 is 10.0 Å². The average molecular weight is 417 g/mol. The van der Waals surface area contributed by atoms with Crippen molar-refractivity contribution in [3.05, 3.63) is 58.7 Å². The molecule has 0 spiro atoms. The minimum Gasteiger partial charge on any atom is -0.496 e. The summed E-state index contributed by atoms with van der Waals surface area (Å²) in [7, 11) is -1.93. The summed E-state index contributed by atoms with van der Waals surface area (Å²) in [6, 6.07) is 12.1. The smallest absolute Gasteiger partial charge is 0.240 e. The molecule has 0 radical (unpaired) electrons. The van der Waals surface area contributed by atoms with Crippen LogP contribution in [0, 0.1) is 6.92 Å². The van der Waals surface area contributed by atoms with Gasteiger partial charge in [0.25, 0.3) is 0 Å². The van der Waals surface area contributed by atoms with Crippen LogP contribution in [0.15, 0.2) is 41.3 Å². The van der Waals surface area contributed by atoms with E-state index in [1.54, 1.807) is 13.2 Å². The number of hydrogen-bond donors (Lipinski definition) is 1. The van der Waals surface area contributed by atoms with Crippen LogP contribution < -0.4 is 9.46 Å². The molecule has 5 nitrogen and oxygen atoms in total. The third-order valence-corrected chi connectivity index (χ3v) is 7.19. The van der Waals surface area contributed by atoms with Crippen LogP contribution in [0.3, 0.4) is 0 Å². The summed E-state index contributed by atoms with van der Waals surface area (Å²) in [6.45, 7) is 9.17. The summed E-state index contributed by atoms with van der Waals surface area (Å²) in [5.41, 5.74) is 4.42. The molecule has 29 heavy (non-hydrogen) atoms. The number of methoxy groups -OCH3 is 1. The highest BCUT2D eigenvalue weighted by Crippen LogP contribution is 2.31. The summed E-state index contributed by atoms with van der Waals surface area (Å²) in [5.74, 6) is 0.920. The van der Waals surface area contributed by atoms with Crippen LogP contribution in [0.5, 0.6) is 5.75 Å². The van der Waals surface area contributed by atoms with Crippen molar-refractivity contribution < 1.29 is 13.2 Å². The number of benzene rings is 2. The van der Waals surface area contributed by atoms with Gasteiger partial charge in [-0.05, 0) is 66.6 Å². The van der Waals surface area contributed by atoms with E-state index in [4.69, 9.17) is 4.74 Å². The monoisotopic (exact) mass is 416 g/mol. The lowest BCUT2D eigenvalue weighted by Gasteiger charge is -2.28. The summed E-state index contributed by atoms with van der Waals surface area (Å²) in [5, 5.41) is 0. The molecule has 0 saturated heterocycles. The Kier molecular flexibility index (Phi) is 6.98. The van der Waals surface area contributed by atoms with Gasteiger partial charge in [-0.2, -0.15) is 0 Å². The number of nitrogens with zero attached hydrogens (tertiary/aromatic N) is 1. The fourth-order valence-corrected chi connectivity index (χ4v) is 5.26. The van der Waals surface area contributed by atoms with Crippen LogP contribution in [0.25, 0.3) is 0 Å². The second-order valence-electron chi connectivity index (χ2n) is 8.06. The molecule has 0 fully saturated rings. The second-order valence-corrected chi connectivity index (χ2v) is 9.80. The van der Waals surface area contributed by atoms with Gasteiger partial charge < -0.3 is 4.74 Å². The SMILES string of the molecule is COc1cc(C)c(S(=O)(=O)NCCCN2CCc3ccccc3C2)cc1C(C)C. The first-order chi connectivity index (χ1) is 13.8. The van der Waals surface area contributed by atoms with Crippen molar-refractivity contribution in [3.8, 4) is 5.75 Å². The molecule has 0 atom stereocenters. The third-order valence-electron chi connectivity index (χ3n) is 5.59. The lowest BCUT2D eigenvalue weighted by atomic mass is 10.00. The Balaban J connectivity index is 1.59. The number of sulfonamides is 1. The van der Waals surface area contributed by atoms with Gasteiger partial charge in [0.05, 0.1) is 12.0 Å². The molecule has 2 aromatic carbocycles. The van der Waals surface area contributed by atoms with Crippen LogP contribution in [0.2, 0.25) is 0 Å². The molecule has 1 aliphatic rings. The van der Waals surface area contributed by atoms with Gasteiger partial charge in [-0.1, -0.05) is 38.1 Å². The van der Waals surface area contributed by atoms with Gasteiger partial charge in [-0.25, -0.2) is 13.1 Å². The van der Waals surface area contributed by atoms with Crippen molar-refractivity contribution in [3.63, 3.8) is 0 Å². The zero-order valence-corrected chi connectivity index (χ0v) is 18.7. The first-order valence-corrected chi connectivity index (χ1v) is 11.8. The van der Waals surface area contributed by atoms with Crippen molar-refractivity contribution in [1.82, 2.24) is 9.62 Å². The Hall–Kier alpha value is -1.89. The van der Waals surface area contributed by atoms with Crippen LogP contribution in [0.4, 0.5) is 0 Å². The van der Waals surface area contributed by atoms with Gasteiger partial charge >= 0.3 is 0 Å². The molecule has 0 bridgehead atoms. The highest BCUT2D eigenvalue weighted by molar-refractivity contribution is 7.89. The van der Waals surface area contributed by atoms with E-state index in [0.717, 1.165) is 43.8 Å². The van der Waals surface area contributed by atoms with Gasteiger partial charge in [0.15, 0.2) is 0 Å². The fraction of sp³-hybridized carbons (Fsp3) is 0.478. The van der Waals surface area contributed by atoms with E-state index in [-0.39, 0.29) is 5.92 Å². The number of nitrogens with one attached hydrogen (secondary N) is 1. The highest BCUT2D eigenvalue weighted by atomic mass is 32.2. The van der Waals surface area contributed by atoms with Gasteiger partial charge in [-0.3, -0.25) is 4.90 Å². The Labute approximate surface area is 175 Å². The first kappa shape index (κ1) is 21.8. The maximum atomic E-state index is 12.9. The first-order valence-electron chi connectivity index (χ1n) is 10.3. The topological polar surface area (TPSA) is 58.6 Å². The molecule has 1 aliphatic heterocycles. The number of ether oxygens (including phenoxy) is 1. The molecule has 2 aromatic rings. The van der Waals surface area contributed by atoms with Gasteiger partial charge in [-0.15, -0.1) is 0 Å². The Morgan fingerprint density at radius 2 is 1.90 bits per heavy atom. The summed E-state index contributed by atoms with van der Waals surface area (Å²) in [4.78, 5) is 2.74. The van der Waals surface area contributed by atoms with E-state index < -0.39 is 10.0 Å². The quantitative estimate of drug-likeness (QED) is 0.664. The van der Waals surface area contributed by atoms with E-state index in [9.17, 15) is 8.42 Å². The lowest BCUT2D eigenvalue weighted by molar-refractivity contribution is 0.251. The summed E-state index contributed by atoms with van der Waals surface area (Å²) >= 11 is 0. The van der Waals surface area contributed by atoms with Gasteiger partial charge in [0.2, 0.25) is 10.0 Å². The third kappa shape index (κ3) is 5.18. The Morgan fingerprint density at radius 1 is 1.17 bits per heavy atom. The number of hydrogen-bond acceptors (Lipinski definition) is 4. The Bertz CT molecular complexity index is 955. The van der Waals surface area contributed by atoms with Crippen molar-refractivity contribution in [2.24, 2.45) is 0 Å². The van der Waals surface area contributed by atoms with Crippen LogP contribution in [-0.2, 0) is 23.0 Å². The molecule has 158 valence electrons. The van der Waals surface area contributed by atoms with E-state index in [2.05, 4.69) is 33.9 Å². The minimum absolute atomic E-state index is 0.182. The van der Waals surface area contributed by atoms with E-state index >= 15 is 0 Å². The zero-order valence-electron chi connectivity index (χ0n) is 17.9. The normalized spacial score (nSPS) is 14.8. The van der Waals surface area contributed by atoms with Crippen LogP contribution in [-0.4, -0.2) is 40.1 Å². The molecule has 0 amide bonds. The number of fused-ring (bicyclic) bond motifs is 1. The standard InChI is InChI=1S/C23H32N2O3S/c1-17(2)21-15-23(18(3)14-22(21)28-4)29(26,27)24-11-7-12-25-13-10-19-8-5-6-9-20(19)16-25/h5-6,8-9,14-15,17,24H,7,10-13,16H2,1-4H3. The van der Waals surface area contributed by atoms with Crippen molar-refractivity contribution in [2.75, 3.05) is 26.7 Å². The molecule has 0 aliphatic carbocycles. The maximum absolute atomic E-state index is 12.9. The van der Waals surface area contributed by atoms with Gasteiger partial charge in [0.1, 0.15) is 5.75 Å². The number of aryl methyl sites for hydroxylation is 1. The van der Waals surface area contributed by atoms with Crippen molar-refractivity contribution in [2.45, 2.75) is 51.0 Å². The molecule has 6 heteroatoms. The van der Waals surface area contributed by atoms with Crippen LogP contribution in [0.1, 0.15) is 48.4 Å². The van der Waals surface area contributed by atoms with E-state index in [1.165, 1.54) is 11.1 Å². The highest BCUT2D eigenvalue weighted by Gasteiger charge is 2.21. The van der Waals surface area contributed by atoms with Crippen LogP contribution >= 0.6 is 0 Å². The number of rotatable bonds is 8. The lowest BCUT2D eigenvalue weighted by Crippen LogP contribution is -2.33. The van der Waals surface area contributed by atoms with E-state index in [0.29, 0.717) is 17.0 Å². The summed E-state index contributed by atoms with van der Waals surface area (Å²) in [6.07, 6.45) is 1.85. The zero-order chi connectivity index (χ0) is 21.0. The minimum atomic E-state index is -3.55. The molecule has 1 heterocycles. The molecule has 0 saturated carbocycles. The molecule has 1 N–H and O–H groups in total. The largest absolute Gasteiger partial charge is 0.496 e. The molecular formula is C23H32N2O3S. The van der Waals surface area contributed by atoms with Gasteiger partial charge in [0, 0.05) is 19.6 Å². The Morgan fingerprint density at radius 3 is 2.59 bits per heavy atom. The maximum Gasteiger partial charge on any atom is 0.240 e. The van der Waals surface area contributed by atoms with Crippen molar-refractivity contribution in [1.29, 1.82) is 0 Å². The molecule has 0 unspecified atom stereocenters. The molecule has 3 rings (SSSR count). The molecular weight excluding hydrogens is 384 g/mol. The van der Waals surface area contributed by atoms with E-state index in [1.807, 2.05) is 26.8 Å². The predicted molar refractivity (Wildman–Crippen MR) is 117 cm³/mol. The predicted octanol–water partition coefficient (Wildman–Crippen LogP) is 3.85. The average Bonchev–Trinajstić information content (AvgIpc) is 2.70.